The molecule has 1 aliphatic heterocycles. The second-order valence-corrected chi connectivity index (χ2v) is 9.40. The van der Waals surface area contributed by atoms with Crippen LogP contribution in [0.3, 0.4) is 0 Å². The van der Waals surface area contributed by atoms with Gasteiger partial charge in [0, 0.05) is 62.0 Å². The van der Waals surface area contributed by atoms with Gasteiger partial charge in [0.15, 0.2) is 0 Å². The molecule has 0 bridgehead atoms. The summed E-state index contributed by atoms with van der Waals surface area (Å²) in [4.78, 5) is 12.5. The molecule has 0 radical (unpaired) electrons. The van der Waals surface area contributed by atoms with E-state index in [1.54, 1.807) is 23.6 Å². The molecule has 9 heteroatoms. The maximum atomic E-state index is 14.3. The predicted molar refractivity (Wildman–Crippen MR) is 120 cm³/mol. The van der Waals surface area contributed by atoms with Crippen LogP contribution in [0.25, 0.3) is 10.7 Å². The summed E-state index contributed by atoms with van der Waals surface area (Å²) in [7, 11) is 0. The van der Waals surface area contributed by atoms with Crippen LogP contribution in [0.1, 0.15) is 29.8 Å². The van der Waals surface area contributed by atoms with E-state index >= 15 is 0 Å². The molecule has 1 saturated heterocycles. The number of rotatable bonds is 7. The summed E-state index contributed by atoms with van der Waals surface area (Å²) in [5, 5.41) is 16.3. The Hall–Kier alpha value is -2.49. The summed E-state index contributed by atoms with van der Waals surface area (Å²) in [6.07, 6.45) is 6.54. The Morgan fingerprint density at radius 2 is 2.00 bits per heavy atom. The van der Waals surface area contributed by atoms with Crippen molar-refractivity contribution in [1.29, 1.82) is 0 Å². The fourth-order valence-electron chi connectivity index (χ4n) is 4.27. The highest BCUT2D eigenvalue weighted by Crippen LogP contribution is 2.43. The number of anilines is 1. The van der Waals surface area contributed by atoms with Crippen molar-refractivity contribution in [3.63, 3.8) is 0 Å². The van der Waals surface area contributed by atoms with E-state index in [0.717, 1.165) is 62.7 Å². The van der Waals surface area contributed by atoms with Gasteiger partial charge < -0.3 is 10.6 Å². The molecule has 31 heavy (non-hydrogen) atoms. The monoisotopic (exact) mass is 439 g/mol. The van der Waals surface area contributed by atoms with Gasteiger partial charge in [0.1, 0.15) is 22.3 Å². The number of piperazine rings is 1. The Balaban J connectivity index is 1.22. The third-order valence-electron chi connectivity index (χ3n) is 6.21. The minimum atomic E-state index is -0.264. The van der Waals surface area contributed by atoms with E-state index in [2.05, 4.69) is 35.7 Å². The second-order valence-electron chi connectivity index (χ2n) is 8.28. The van der Waals surface area contributed by atoms with E-state index in [0.29, 0.717) is 18.1 Å². The van der Waals surface area contributed by atoms with Crippen LogP contribution in [-0.2, 0) is 12.0 Å². The largest absolute Gasteiger partial charge is 0.368 e. The standard InChI is InChI=1S/C22H26FN7S/c23-17-3-1-8-25-20(17)22(6-2-7-22)15-27-19-5-4-18(28-29-19)21-26-13-16(31-21)14-30-11-9-24-10-12-30/h1,3-5,8,13,24H,2,6-7,9-12,14-15H2,(H,27,29). The van der Waals surface area contributed by atoms with Gasteiger partial charge in [0.05, 0.1) is 5.69 Å². The normalized spacial score (nSPS) is 18.5. The minimum absolute atomic E-state index is 0.231. The zero-order valence-electron chi connectivity index (χ0n) is 17.4. The second kappa shape index (κ2) is 8.94. The average Bonchev–Trinajstić information content (AvgIpc) is 3.24. The van der Waals surface area contributed by atoms with E-state index in [1.807, 2.05) is 18.3 Å². The van der Waals surface area contributed by atoms with Crippen LogP contribution in [0, 0.1) is 5.82 Å². The first kappa shape index (κ1) is 20.4. The van der Waals surface area contributed by atoms with Crippen molar-refractivity contribution in [1.82, 2.24) is 30.4 Å². The lowest BCUT2D eigenvalue weighted by molar-refractivity contribution is 0.235. The molecule has 162 valence electrons. The molecule has 0 atom stereocenters. The van der Waals surface area contributed by atoms with Gasteiger partial charge in [-0.2, -0.15) is 0 Å². The van der Waals surface area contributed by atoms with Gasteiger partial charge in [-0.15, -0.1) is 21.5 Å². The number of halogens is 1. The topological polar surface area (TPSA) is 78.9 Å². The number of nitrogens with zero attached hydrogens (tertiary/aromatic N) is 5. The van der Waals surface area contributed by atoms with Gasteiger partial charge in [-0.25, -0.2) is 9.37 Å². The van der Waals surface area contributed by atoms with Gasteiger partial charge in [-0.1, -0.05) is 6.42 Å². The zero-order chi connectivity index (χ0) is 21.1. The van der Waals surface area contributed by atoms with Crippen LogP contribution in [0.2, 0.25) is 0 Å². The molecule has 1 saturated carbocycles. The molecule has 0 aromatic carbocycles. The van der Waals surface area contributed by atoms with Crippen molar-refractivity contribution in [3.8, 4) is 10.7 Å². The van der Waals surface area contributed by atoms with E-state index in [9.17, 15) is 4.39 Å². The molecule has 3 aromatic rings. The van der Waals surface area contributed by atoms with Gasteiger partial charge >= 0.3 is 0 Å². The van der Waals surface area contributed by atoms with Crippen LogP contribution in [0.4, 0.5) is 10.2 Å². The maximum absolute atomic E-state index is 14.3. The first-order chi connectivity index (χ1) is 15.2. The molecule has 3 aromatic heterocycles. The Morgan fingerprint density at radius 3 is 2.71 bits per heavy atom. The van der Waals surface area contributed by atoms with Gasteiger partial charge in [0.25, 0.3) is 0 Å². The van der Waals surface area contributed by atoms with Crippen LogP contribution in [0.5, 0.6) is 0 Å². The fourth-order valence-corrected chi connectivity index (χ4v) is 5.19. The molecule has 5 rings (SSSR count). The van der Waals surface area contributed by atoms with Crippen LogP contribution in [0.15, 0.2) is 36.7 Å². The van der Waals surface area contributed by atoms with E-state index < -0.39 is 0 Å². The SMILES string of the molecule is Fc1cccnc1C1(CNc2ccc(-c3ncc(CN4CCNCC4)s3)nn2)CCC1. The van der Waals surface area contributed by atoms with Gasteiger partial charge in [-0.3, -0.25) is 9.88 Å². The van der Waals surface area contributed by atoms with Gasteiger partial charge in [-0.05, 0) is 37.1 Å². The molecule has 1 aliphatic carbocycles. The Labute approximate surface area is 185 Å². The summed E-state index contributed by atoms with van der Waals surface area (Å²) in [6.45, 7) is 5.74. The summed E-state index contributed by atoms with van der Waals surface area (Å²) in [6, 6.07) is 6.98. The number of pyridine rings is 1. The average molecular weight is 440 g/mol. The van der Waals surface area contributed by atoms with Crippen molar-refractivity contribution in [3.05, 3.63) is 53.0 Å². The molecule has 0 unspecified atom stereocenters. The van der Waals surface area contributed by atoms with Crippen molar-refractivity contribution in [2.45, 2.75) is 31.2 Å². The zero-order valence-corrected chi connectivity index (χ0v) is 18.2. The third kappa shape index (κ3) is 4.44. The van der Waals surface area contributed by atoms with Crippen LogP contribution < -0.4 is 10.6 Å². The predicted octanol–water partition coefficient (Wildman–Crippen LogP) is 3.07. The summed E-state index contributed by atoms with van der Waals surface area (Å²) < 4.78 is 14.3. The lowest BCUT2D eigenvalue weighted by Gasteiger charge is -2.41. The van der Waals surface area contributed by atoms with E-state index in [1.165, 1.54) is 10.9 Å². The highest BCUT2D eigenvalue weighted by atomic mass is 32.1. The van der Waals surface area contributed by atoms with Crippen LogP contribution >= 0.6 is 11.3 Å². The first-order valence-electron chi connectivity index (χ1n) is 10.8. The molecular weight excluding hydrogens is 413 g/mol. The molecule has 2 N–H and O–H groups in total. The summed E-state index contributed by atoms with van der Waals surface area (Å²) in [5.41, 5.74) is 1.06. The highest BCUT2D eigenvalue weighted by Gasteiger charge is 2.41. The van der Waals surface area contributed by atoms with Crippen LogP contribution in [-0.4, -0.2) is 57.8 Å². The van der Waals surface area contributed by atoms with Crippen molar-refractivity contribution in [2.75, 3.05) is 38.0 Å². The van der Waals surface area contributed by atoms with E-state index in [-0.39, 0.29) is 11.2 Å². The molecule has 2 fully saturated rings. The van der Waals surface area contributed by atoms with E-state index in [4.69, 9.17) is 0 Å². The molecular formula is C22H26FN7S. The maximum Gasteiger partial charge on any atom is 0.148 e. The Morgan fingerprint density at radius 1 is 1.13 bits per heavy atom. The number of hydrogen-bond acceptors (Lipinski definition) is 8. The van der Waals surface area contributed by atoms with Crippen molar-refractivity contribution in [2.24, 2.45) is 0 Å². The number of hydrogen-bond donors (Lipinski definition) is 2. The Bertz CT molecular complexity index is 1010. The lowest BCUT2D eigenvalue weighted by Crippen LogP contribution is -2.42. The summed E-state index contributed by atoms with van der Waals surface area (Å²) >= 11 is 1.67. The summed E-state index contributed by atoms with van der Waals surface area (Å²) in [5.74, 6) is 0.454. The number of nitrogens with one attached hydrogen (secondary N) is 2. The molecule has 7 nitrogen and oxygen atoms in total. The smallest absolute Gasteiger partial charge is 0.148 e. The molecule has 0 spiro atoms. The lowest BCUT2D eigenvalue weighted by atomic mass is 9.66. The van der Waals surface area contributed by atoms with Gasteiger partial charge in [0.2, 0.25) is 0 Å². The molecule has 0 amide bonds. The number of aromatic nitrogens is 4. The van der Waals surface area contributed by atoms with Crippen molar-refractivity contribution < 1.29 is 4.39 Å². The Kier molecular flexibility index (Phi) is 5.89. The highest BCUT2D eigenvalue weighted by molar-refractivity contribution is 7.14. The fraction of sp³-hybridized carbons (Fsp3) is 0.455. The van der Waals surface area contributed by atoms with Crippen molar-refractivity contribution >= 4 is 17.2 Å². The quantitative estimate of drug-likeness (QED) is 0.586. The minimum Gasteiger partial charge on any atom is -0.368 e. The number of thiazole rings is 1. The first-order valence-corrected chi connectivity index (χ1v) is 11.6. The molecule has 2 aliphatic rings. The molecule has 4 heterocycles. The third-order valence-corrected chi connectivity index (χ3v) is 7.21.